The highest BCUT2D eigenvalue weighted by molar-refractivity contribution is 9.10. The van der Waals surface area contributed by atoms with Crippen LogP contribution in [-0.2, 0) is 4.79 Å². The van der Waals surface area contributed by atoms with Gasteiger partial charge in [0.2, 0.25) is 0 Å². The highest BCUT2D eigenvalue weighted by atomic mass is 79.9. The van der Waals surface area contributed by atoms with Gasteiger partial charge < -0.3 is 20.5 Å². The molecule has 2 aromatic carbocycles. The molecule has 0 aromatic heterocycles. The third kappa shape index (κ3) is 6.79. The molecule has 0 bridgehead atoms. The molecular weight excluding hydrogens is 440 g/mol. The number of ether oxygens (including phenoxy) is 2. The smallest absolute Gasteiger partial charge is 0.332 e. The highest BCUT2D eigenvalue weighted by Gasteiger charge is 2.11. The number of nitrogens with one attached hydrogen (secondary N) is 2. The molecule has 2 aromatic rings. The van der Waals surface area contributed by atoms with Crippen molar-refractivity contribution < 1.29 is 19.1 Å². The molecule has 9 heteroatoms. The number of carbonyl (C=O) groups excluding carboxylic acids is 2. The Balaban J connectivity index is 2.05. The van der Waals surface area contributed by atoms with Crippen LogP contribution in [0.3, 0.4) is 0 Å². The summed E-state index contributed by atoms with van der Waals surface area (Å²) in [6.45, 7) is 6.05. The first-order valence-electron chi connectivity index (χ1n) is 8.85. The van der Waals surface area contributed by atoms with Crippen LogP contribution in [0.4, 0.5) is 10.5 Å². The van der Waals surface area contributed by atoms with Gasteiger partial charge in [-0.25, -0.2) is 10.2 Å². The number of urea groups is 1. The molecule has 2 rings (SSSR count). The van der Waals surface area contributed by atoms with Crippen molar-refractivity contribution in [2.24, 2.45) is 10.8 Å². The summed E-state index contributed by atoms with van der Waals surface area (Å²) in [6, 6.07) is 8.15. The topological polar surface area (TPSA) is 115 Å². The molecule has 3 amide bonds. The average molecular weight is 463 g/mol. The van der Waals surface area contributed by atoms with Gasteiger partial charge in [0.15, 0.2) is 18.1 Å². The Labute approximate surface area is 177 Å². The molecule has 0 fully saturated rings. The lowest BCUT2D eigenvalue weighted by Crippen LogP contribution is -2.24. The van der Waals surface area contributed by atoms with E-state index in [0.29, 0.717) is 29.4 Å². The molecule has 0 saturated heterocycles. The Morgan fingerprint density at radius 2 is 1.86 bits per heavy atom. The van der Waals surface area contributed by atoms with Crippen LogP contribution in [0, 0.1) is 13.8 Å². The van der Waals surface area contributed by atoms with Gasteiger partial charge in [-0.3, -0.25) is 4.79 Å². The summed E-state index contributed by atoms with van der Waals surface area (Å²) < 4.78 is 12.0. The van der Waals surface area contributed by atoms with Crippen LogP contribution in [-0.4, -0.2) is 31.4 Å². The minimum absolute atomic E-state index is 0.184. The van der Waals surface area contributed by atoms with Crippen molar-refractivity contribution in [3.05, 3.63) is 51.5 Å². The molecule has 0 atom stereocenters. The molecule has 0 radical (unpaired) electrons. The van der Waals surface area contributed by atoms with Crippen molar-refractivity contribution in [3.8, 4) is 11.5 Å². The maximum absolute atomic E-state index is 12.3. The number of halogens is 1. The lowest BCUT2D eigenvalue weighted by molar-refractivity contribution is -0.118. The van der Waals surface area contributed by atoms with Crippen LogP contribution in [0.2, 0.25) is 0 Å². The standard InChI is InChI=1S/C20H23BrN4O4/c1-4-28-18-9-14(10-23-25-20(22)27)5-6-17(18)29-11-19(26)24-16-8-13(3)12(2)7-15(16)21/h5-10H,4,11H2,1-3H3,(H,24,26)(H3,22,25,27). The molecule has 0 heterocycles. The Bertz CT molecular complexity index is 931. The molecule has 8 nitrogen and oxygen atoms in total. The molecule has 0 spiro atoms. The fourth-order valence-electron chi connectivity index (χ4n) is 2.37. The van der Waals surface area contributed by atoms with Crippen LogP contribution in [0.5, 0.6) is 11.5 Å². The average Bonchev–Trinajstić information content (AvgIpc) is 2.65. The number of primary amides is 1. The van der Waals surface area contributed by atoms with Crippen LogP contribution in [0.1, 0.15) is 23.6 Å². The number of aryl methyl sites for hydroxylation is 2. The van der Waals surface area contributed by atoms with Gasteiger partial charge in [0.1, 0.15) is 0 Å². The van der Waals surface area contributed by atoms with Crippen molar-refractivity contribution in [1.29, 1.82) is 0 Å². The van der Waals surface area contributed by atoms with Crippen molar-refractivity contribution in [2.45, 2.75) is 20.8 Å². The van der Waals surface area contributed by atoms with Gasteiger partial charge in [0.25, 0.3) is 5.91 Å². The Hall–Kier alpha value is -3.07. The molecule has 0 aliphatic rings. The fourth-order valence-corrected chi connectivity index (χ4v) is 2.93. The van der Waals surface area contributed by atoms with E-state index in [2.05, 4.69) is 31.8 Å². The number of hydrogen-bond donors (Lipinski definition) is 3. The quantitative estimate of drug-likeness (QED) is 0.411. The summed E-state index contributed by atoms with van der Waals surface area (Å²) in [5.74, 6) is 0.574. The zero-order valence-electron chi connectivity index (χ0n) is 16.4. The lowest BCUT2D eigenvalue weighted by atomic mass is 10.1. The van der Waals surface area contributed by atoms with E-state index in [1.54, 1.807) is 18.2 Å². The van der Waals surface area contributed by atoms with E-state index in [1.165, 1.54) is 6.21 Å². The number of nitrogens with two attached hydrogens (primary N) is 1. The monoisotopic (exact) mass is 462 g/mol. The highest BCUT2D eigenvalue weighted by Crippen LogP contribution is 2.29. The van der Waals surface area contributed by atoms with E-state index >= 15 is 0 Å². The van der Waals surface area contributed by atoms with E-state index < -0.39 is 6.03 Å². The van der Waals surface area contributed by atoms with Gasteiger partial charge in [-0.1, -0.05) is 0 Å². The largest absolute Gasteiger partial charge is 0.490 e. The second-order valence-corrected chi connectivity index (χ2v) is 6.98. The maximum atomic E-state index is 12.3. The van der Waals surface area contributed by atoms with E-state index in [4.69, 9.17) is 15.2 Å². The Morgan fingerprint density at radius 3 is 2.55 bits per heavy atom. The summed E-state index contributed by atoms with van der Waals surface area (Å²) in [5.41, 5.74) is 10.6. The van der Waals surface area contributed by atoms with Gasteiger partial charge in [0, 0.05) is 4.47 Å². The van der Waals surface area contributed by atoms with Gasteiger partial charge in [-0.15, -0.1) is 0 Å². The summed E-state index contributed by atoms with van der Waals surface area (Å²) in [5, 5.41) is 6.53. The SMILES string of the molecule is CCOc1cc(C=NNC(N)=O)ccc1OCC(=O)Nc1cc(C)c(C)cc1Br. The second-order valence-electron chi connectivity index (χ2n) is 6.13. The molecular formula is C20H23BrN4O4. The Kier molecular flexibility index (Phi) is 8.02. The van der Waals surface area contributed by atoms with Crippen LogP contribution >= 0.6 is 15.9 Å². The van der Waals surface area contributed by atoms with E-state index in [-0.39, 0.29) is 12.5 Å². The lowest BCUT2D eigenvalue weighted by Gasteiger charge is -2.14. The molecule has 0 unspecified atom stereocenters. The fraction of sp³-hybridized carbons (Fsp3) is 0.250. The van der Waals surface area contributed by atoms with E-state index in [1.807, 2.05) is 32.9 Å². The summed E-state index contributed by atoms with van der Waals surface area (Å²) in [4.78, 5) is 23.0. The number of rotatable bonds is 8. The van der Waals surface area contributed by atoms with Crippen LogP contribution in [0.25, 0.3) is 0 Å². The minimum Gasteiger partial charge on any atom is -0.490 e. The number of carbonyl (C=O) groups is 2. The molecule has 0 aliphatic heterocycles. The number of hydrazone groups is 1. The van der Waals surface area contributed by atoms with E-state index in [0.717, 1.165) is 15.6 Å². The number of anilines is 1. The molecule has 29 heavy (non-hydrogen) atoms. The Morgan fingerprint density at radius 1 is 1.14 bits per heavy atom. The zero-order valence-corrected chi connectivity index (χ0v) is 18.0. The first kappa shape index (κ1) is 22.2. The summed E-state index contributed by atoms with van der Waals surface area (Å²) in [6.07, 6.45) is 1.42. The van der Waals surface area contributed by atoms with Crippen LogP contribution < -0.4 is 25.9 Å². The molecule has 0 aliphatic carbocycles. The van der Waals surface area contributed by atoms with Crippen molar-refractivity contribution >= 4 is 39.8 Å². The van der Waals surface area contributed by atoms with Gasteiger partial charge in [-0.05, 0) is 83.7 Å². The van der Waals surface area contributed by atoms with Crippen molar-refractivity contribution in [3.63, 3.8) is 0 Å². The third-order valence-corrected chi connectivity index (χ3v) is 4.53. The van der Waals surface area contributed by atoms with E-state index in [9.17, 15) is 9.59 Å². The van der Waals surface area contributed by atoms with Crippen molar-refractivity contribution in [1.82, 2.24) is 5.43 Å². The summed E-state index contributed by atoms with van der Waals surface area (Å²) in [7, 11) is 0. The zero-order chi connectivity index (χ0) is 21.4. The number of amides is 3. The predicted octanol–water partition coefficient (Wildman–Crippen LogP) is 3.48. The first-order chi connectivity index (χ1) is 13.8. The number of hydrogen-bond acceptors (Lipinski definition) is 5. The number of nitrogens with zero attached hydrogens (tertiary/aromatic N) is 1. The predicted molar refractivity (Wildman–Crippen MR) is 116 cm³/mol. The molecule has 0 saturated carbocycles. The number of benzene rings is 2. The minimum atomic E-state index is -0.757. The summed E-state index contributed by atoms with van der Waals surface area (Å²) >= 11 is 3.45. The van der Waals surface area contributed by atoms with Gasteiger partial charge >= 0.3 is 6.03 Å². The maximum Gasteiger partial charge on any atom is 0.332 e. The van der Waals surface area contributed by atoms with Crippen LogP contribution in [0.15, 0.2) is 39.9 Å². The van der Waals surface area contributed by atoms with Crippen molar-refractivity contribution in [2.75, 3.05) is 18.5 Å². The third-order valence-electron chi connectivity index (χ3n) is 3.87. The van der Waals surface area contributed by atoms with Gasteiger partial charge in [0.05, 0.1) is 18.5 Å². The molecule has 154 valence electrons. The first-order valence-corrected chi connectivity index (χ1v) is 9.64. The van der Waals surface area contributed by atoms with Gasteiger partial charge in [-0.2, -0.15) is 5.10 Å². The molecule has 4 N–H and O–H groups in total. The second kappa shape index (κ2) is 10.5. The normalized spacial score (nSPS) is 10.6.